The summed E-state index contributed by atoms with van der Waals surface area (Å²) in [6.45, 7) is 1.99. The Morgan fingerprint density at radius 3 is 2.93 bits per heavy atom. The van der Waals surface area contributed by atoms with Crippen LogP contribution < -0.4 is 5.73 Å². The van der Waals surface area contributed by atoms with E-state index in [4.69, 9.17) is 5.73 Å². The highest BCUT2D eigenvalue weighted by molar-refractivity contribution is 7.09. The Morgan fingerprint density at radius 2 is 2.36 bits per heavy atom. The molecule has 14 heavy (non-hydrogen) atoms. The average Bonchev–Trinajstić information content (AvgIpc) is 2.75. The number of nitrogens with two attached hydrogens (primary N) is 1. The SMILES string of the molecule is Cc1nc(C(N)Cc2cncs2)cs1. The Morgan fingerprint density at radius 1 is 1.50 bits per heavy atom. The first kappa shape index (κ1) is 9.76. The second-order valence-corrected chi connectivity index (χ2v) is 5.10. The lowest BCUT2D eigenvalue weighted by molar-refractivity contribution is 0.706. The molecule has 2 N–H and O–H groups in total. The zero-order valence-electron chi connectivity index (χ0n) is 7.80. The van der Waals surface area contributed by atoms with E-state index < -0.39 is 0 Å². The summed E-state index contributed by atoms with van der Waals surface area (Å²) >= 11 is 3.28. The predicted molar refractivity (Wildman–Crippen MR) is 59.6 cm³/mol. The molecule has 74 valence electrons. The average molecular weight is 225 g/mol. The van der Waals surface area contributed by atoms with Crippen molar-refractivity contribution >= 4 is 22.7 Å². The molecule has 0 aliphatic carbocycles. The van der Waals surface area contributed by atoms with Gasteiger partial charge in [0.05, 0.1) is 22.3 Å². The van der Waals surface area contributed by atoms with E-state index in [-0.39, 0.29) is 6.04 Å². The Balaban J connectivity index is 2.06. The van der Waals surface area contributed by atoms with Gasteiger partial charge in [-0.05, 0) is 6.92 Å². The van der Waals surface area contributed by atoms with E-state index in [2.05, 4.69) is 9.97 Å². The van der Waals surface area contributed by atoms with Crippen LogP contribution in [0.2, 0.25) is 0 Å². The molecule has 0 bridgehead atoms. The monoisotopic (exact) mass is 225 g/mol. The maximum atomic E-state index is 6.02. The van der Waals surface area contributed by atoms with Gasteiger partial charge in [0.15, 0.2) is 0 Å². The quantitative estimate of drug-likeness (QED) is 0.870. The smallest absolute Gasteiger partial charge is 0.0898 e. The van der Waals surface area contributed by atoms with E-state index in [0.717, 1.165) is 17.1 Å². The lowest BCUT2D eigenvalue weighted by atomic mass is 10.1. The molecule has 0 saturated carbocycles. The molecular weight excluding hydrogens is 214 g/mol. The van der Waals surface area contributed by atoms with Crippen molar-refractivity contribution in [1.82, 2.24) is 9.97 Å². The van der Waals surface area contributed by atoms with Crippen LogP contribution in [0.3, 0.4) is 0 Å². The van der Waals surface area contributed by atoms with Crippen molar-refractivity contribution in [1.29, 1.82) is 0 Å². The van der Waals surface area contributed by atoms with E-state index in [1.807, 2.05) is 24.0 Å². The number of aryl methyl sites for hydroxylation is 1. The Hall–Kier alpha value is -0.780. The first-order valence-corrected chi connectivity index (χ1v) is 6.06. The van der Waals surface area contributed by atoms with Gasteiger partial charge in [-0.15, -0.1) is 22.7 Å². The van der Waals surface area contributed by atoms with Crippen molar-refractivity contribution in [2.45, 2.75) is 19.4 Å². The minimum absolute atomic E-state index is 0.000370. The van der Waals surface area contributed by atoms with Gasteiger partial charge in [-0.3, -0.25) is 4.98 Å². The molecule has 1 unspecified atom stereocenters. The molecule has 0 saturated heterocycles. The van der Waals surface area contributed by atoms with Gasteiger partial charge in [-0.1, -0.05) is 0 Å². The van der Waals surface area contributed by atoms with Crippen molar-refractivity contribution in [3.8, 4) is 0 Å². The van der Waals surface area contributed by atoms with Gasteiger partial charge in [0, 0.05) is 22.9 Å². The van der Waals surface area contributed by atoms with Crippen molar-refractivity contribution in [3.63, 3.8) is 0 Å². The van der Waals surface area contributed by atoms with Gasteiger partial charge in [0.1, 0.15) is 0 Å². The van der Waals surface area contributed by atoms with Crippen molar-refractivity contribution in [2.24, 2.45) is 5.73 Å². The van der Waals surface area contributed by atoms with E-state index in [1.54, 1.807) is 22.7 Å². The highest BCUT2D eigenvalue weighted by Crippen LogP contribution is 2.19. The van der Waals surface area contributed by atoms with Gasteiger partial charge in [-0.2, -0.15) is 0 Å². The minimum Gasteiger partial charge on any atom is -0.322 e. The fraction of sp³-hybridized carbons (Fsp3) is 0.333. The molecule has 2 rings (SSSR count). The third-order valence-electron chi connectivity index (χ3n) is 1.92. The molecule has 0 radical (unpaired) electrons. The molecule has 1 atom stereocenters. The first-order valence-electron chi connectivity index (χ1n) is 4.30. The fourth-order valence-corrected chi connectivity index (χ4v) is 2.55. The molecule has 2 aromatic heterocycles. The van der Waals surface area contributed by atoms with Crippen LogP contribution >= 0.6 is 22.7 Å². The third kappa shape index (κ3) is 2.17. The van der Waals surface area contributed by atoms with Crippen LogP contribution in [0, 0.1) is 6.92 Å². The molecule has 0 amide bonds. The minimum atomic E-state index is 0.000370. The second-order valence-electron chi connectivity index (χ2n) is 3.07. The van der Waals surface area contributed by atoms with Gasteiger partial charge in [-0.25, -0.2) is 4.98 Å². The highest BCUT2D eigenvalue weighted by atomic mass is 32.1. The number of hydrogen-bond acceptors (Lipinski definition) is 5. The van der Waals surface area contributed by atoms with Crippen LogP contribution in [-0.2, 0) is 6.42 Å². The molecule has 0 spiro atoms. The molecule has 0 aromatic carbocycles. The molecule has 5 heteroatoms. The molecule has 0 aliphatic heterocycles. The summed E-state index contributed by atoms with van der Waals surface area (Å²) in [6, 6.07) is 0.000370. The zero-order chi connectivity index (χ0) is 9.97. The topological polar surface area (TPSA) is 51.8 Å². The summed E-state index contributed by atoms with van der Waals surface area (Å²) in [5.74, 6) is 0. The van der Waals surface area contributed by atoms with Crippen LogP contribution in [-0.4, -0.2) is 9.97 Å². The van der Waals surface area contributed by atoms with Crippen LogP contribution in [0.4, 0.5) is 0 Å². The fourth-order valence-electron chi connectivity index (χ4n) is 1.21. The van der Waals surface area contributed by atoms with Gasteiger partial charge >= 0.3 is 0 Å². The van der Waals surface area contributed by atoms with Gasteiger partial charge < -0.3 is 5.73 Å². The highest BCUT2D eigenvalue weighted by Gasteiger charge is 2.10. The van der Waals surface area contributed by atoms with Crippen molar-refractivity contribution in [2.75, 3.05) is 0 Å². The lowest BCUT2D eigenvalue weighted by Gasteiger charge is -2.05. The Labute approximate surface area is 90.6 Å². The van der Waals surface area contributed by atoms with E-state index in [9.17, 15) is 0 Å². The number of aromatic nitrogens is 2. The number of rotatable bonds is 3. The summed E-state index contributed by atoms with van der Waals surface area (Å²) < 4.78 is 0. The Bertz CT molecular complexity index is 394. The summed E-state index contributed by atoms with van der Waals surface area (Å²) in [4.78, 5) is 9.60. The second kappa shape index (κ2) is 4.16. The number of hydrogen-bond donors (Lipinski definition) is 1. The van der Waals surface area contributed by atoms with Crippen LogP contribution in [0.5, 0.6) is 0 Å². The van der Waals surface area contributed by atoms with E-state index in [1.165, 1.54) is 4.88 Å². The molecule has 0 aliphatic rings. The standard InChI is InChI=1S/C9H11N3S2/c1-6-12-9(4-13-6)8(10)2-7-3-11-5-14-7/h3-5,8H,2,10H2,1H3. The van der Waals surface area contributed by atoms with Crippen LogP contribution in [0.1, 0.15) is 21.6 Å². The number of nitrogens with zero attached hydrogens (tertiary/aromatic N) is 2. The summed E-state index contributed by atoms with van der Waals surface area (Å²) in [5.41, 5.74) is 8.84. The normalized spacial score (nSPS) is 13.0. The van der Waals surface area contributed by atoms with Crippen molar-refractivity contribution in [3.05, 3.63) is 32.7 Å². The van der Waals surface area contributed by atoms with Crippen LogP contribution in [0.15, 0.2) is 17.1 Å². The third-order valence-corrected chi connectivity index (χ3v) is 3.51. The largest absolute Gasteiger partial charge is 0.322 e. The van der Waals surface area contributed by atoms with Crippen LogP contribution in [0.25, 0.3) is 0 Å². The molecule has 0 fully saturated rings. The zero-order valence-corrected chi connectivity index (χ0v) is 9.44. The molecular formula is C9H11N3S2. The van der Waals surface area contributed by atoms with Crippen molar-refractivity contribution < 1.29 is 0 Å². The predicted octanol–water partition coefficient (Wildman–Crippen LogP) is 2.15. The summed E-state index contributed by atoms with van der Waals surface area (Å²) in [7, 11) is 0. The summed E-state index contributed by atoms with van der Waals surface area (Å²) in [5, 5.41) is 3.10. The Kier molecular flexibility index (Phi) is 2.90. The first-order chi connectivity index (χ1) is 6.75. The molecule has 2 heterocycles. The lowest BCUT2D eigenvalue weighted by Crippen LogP contribution is -2.13. The van der Waals surface area contributed by atoms with E-state index >= 15 is 0 Å². The number of thiazole rings is 2. The molecule has 2 aromatic rings. The maximum absolute atomic E-state index is 6.02. The van der Waals surface area contributed by atoms with E-state index in [0.29, 0.717) is 0 Å². The van der Waals surface area contributed by atoms with Gasteiger partial charge in [0.2, 0.25) is 0 Å². The summed E-state index contributed by atoms with van der Waals surface area (Å²) in [6.07, 6.45) is 2.69. The molecule has 3 nitrogen and oxygen atoms in total. The maximum Gasteiger partial charge on any atom is 0.0898 e. The van der Waals surface area contributed by atoms with Gasteiger partial charge in [0.25, 0.3) is 0 Å².